The Bertz CT molecular complexity index is 1310. The predicted octanol–water partition coefficient (Wildman–Crippen LogP) is 2.86. The molecule has 3 heterocycles. The number of anilines is 1. The highest BCUT2D eigenvalue weighted by Gasteiger charge is 2.29. The summed E-state index contributed by atoms with van der Waals surface area (Å²) >= 11 is 0. The molecule has 0 aliphatic carbocycles. The summed E-state index contributed by atoms with van der Waals surface area (Å²) in [6.07, 6.45) is 4.27. The Hall–Kier alpha value is -3.98. The number of hydrogen-bond donors (Lipinski definition) is 2. The molecular formula is C27H30N6O3. The second kappa shape index (κ2) is 10.3. The lowest BCUT2D eigenvalue weighted by Crippen LogP contribution is -2.34. The van der Waals surface area contributed by atoms with Crippen molar-refractivity contribution < 1.29 is 14.4 Å². The van der Waals surface area contributed by atoms with Crippen molar-refractivity contribution in [2.24, 2.45) is 12.2 Å². The first-order chi connectivity index (χ1) is 17.5. The molecule has 36 heavy (non-hydrogen) atoms. The zero-order chi connectivity index (χ0) is 25.1. The summed E-state index contributed by atoms with van der Waals surface area (Å²) in [5, 5.41) is 14.1. The normalized spacial score (nSPS) is 17.2. The van der Waals surface area contributed by atoms with Gasteiger partial charge in [-0.15, -0.1) is 0 Å². The number of aryl methyl sites for hydroxylation is 1. The Morgan fingerprint density at radius 1 is 1.17 bits per heavy atom. The number of aromatic nitrogens is 2. The third-order valence-electron chi connectivity index (χ3n) is 6.66. The lowest BCUT2D eigenvalue weighted by molar-refractivity contribution is -0.131. The van der Waals surface area contributed by atoms with Gasteiger partial charge in [-0.1, -0.05) is 30.3 Å². The van der Waals surface area contributed by atoms with Crippen LogP contribution in [-0.2, 0) is 36.2 Å². The Kier molecular flexibility index (Phi) is 6.81. The van der Waals surface area contributed by atoms with Gasteiger partial charge in [0.2, 0.25) is 6.10 Å². The third kappa shape index (κ3) is 5.31. The molecule has 1 unspecified atom stereocenters. The standard InChI is InChI=1S/C27H30N6O3/c1-3-33-10-9-19-7-8-23(12-21(19)17-33)30-26(34)20-6-4-5-18(11-20)14-28-27(35)25-13-24(31-36-25)22-15-29-32(2)16-22/h4-8,11-12,15-16,25H,3,9-10,13-14,17H2,1-2H3,(H,28,35)(H,30,34). The molecule has 2 aliphatic heterocycles. The number of oxime groups is 1. The van der Waals surface area contributed by atoms with Crippen molar-refractivity contribution in [1.29, 1.82) is 0 Å². The zero-order valence-electron chi connectivity index (χ0n) is 20.5. The van der Waals surface area contributed by atoms with E-state index in [1.165, 1.54) is 11.1 Å². The number of hydrogen-bond acceptors (Lipinski definition) is 6. The van der Waals surface area contributed by atoms with Crippen molar-refractivity contribution >= 4 is 23.2 Å². The number of benzene rings is 2. The maximum Gasteiger partial charge on any atom is 0.264 e. The lowest BCUT2D eigenvalue weighted by Gasteiger charge is -2.27. The maximum atomic E-state index is 12.9. The van der Waals surface area contributed by atoms with Crippen LogP contribution in [0.25, 0.3) is 0 Å². The molecular weight excluding hydrogens is 456 g/mol. The molecule has 0 radical (unpaired) electrons. The van der Waals surface area contributed by atoms with Crippen LogP contribution in [0.3, 0.4) is 0 Å². The molecule has 1 aromatic heterocycles. The van der Waals surface area contributed by atoms with Crippen LogP contribution >= 0.6 is 0 Å². The van der Waals surface area contributed by atoms with E-state index >= 15 is 0 Å². The second-order valence-electron chi connectivity index (χ2n) is 9.21. The summed E-state index contributed by atoms with van der Waals surface area (Å²) in [4.78, 5) is 33.3. The van der Waals surface area contributed by atoms with Gasteiger partial charge in [0.15, 0.2) is 0 Å². The van der Waals surface area contributed by atoms with Gasteiger partial charge in [-0.2, -0.15) is 5.10 Å². The van der Waals surface area contributed by atoms with Crippen LogP contribution < -0.4 is 10.6 Å². The molecule has 2 N–H and O–H groups in total. The quantitative estimate of drug-likeness (QED) is 0.535. The number of rotatable bonds is 7. The van der Waals surface area contributed by atoms with E-state index in [9.17, 15) is 9.59 Å². The van der Waals surface area contributed by atoms with Crippen molar-refractivity contribution in [3.63, 3.8) is 0 Å². The van der Waals surface area contributed by atoms with E-state index in [0.29, 0.717) is 17.7 Å². The summed E-state index contributed by atoms with van der Waals surface area (Å²) in [6, 6.07) is 13.4. The number of carbonyl (C=O) groups is 2. The smallest absolute Gasteiger partial charge is 0.264 e. The molecule has 2 aromatic carbocycles. The number of likely N-dealkylation sites (N-methyl/N-ethyl adjacent to an activating group) is 1. The average molecular weight is 487 g/mol. The van der Waals surface area contributed by atoms with Gasteiger partial charge in [0.05, 0.1) is 11.9 Å². The van der Waals surface area contributed by atoms with Gasteiger partial charge in [0.1, 0.15) is 0 Å². The first-order valence-electron chi connectivity index (χ1n) is 12.2. The molecule has 0 saturated heterocycles. The number of amides is 2. The third-order valence-corrected chi connectivity index (χ3v) is 6.66. The highest BCUT2D eigenvalue weighted by Crippen LogP contribution is 2.23. The fourth-order valence-corrected chi connectivity index (χ4v) is 4.55. The van der Waals surface area contributed by atoms with E-state index in [1.54, 1.807) is 23.0 Å². The van der Waals surface area contributed by atoms with Crippen molar-refractivity contribution in [3.8, 4) is 0 Å². The average Bonchev–Trinajstić information content (AvgIpc) is 3.56. The second-order valence-corrected chi connectivity index (χ2v) is 9.21. The fourth-order valence-electron chi connectivity index (χ4n) is 4.55. The molecule has 0 bridgehead atoms. The topological polar surface area (TPSA) is 101 Å². The molecule has 9 heteroatoms. The van der Waals surface area contributed by atoms with Crippen LogP contribution in [0.4, 0.5) is 5.69 Å². The molecule has 2 aliphatic rings. The van der Waals surface area contributed by atoms with E-state index in [-0.39, 0.29) is 18.4 Å². The van der Waals surface area contributed by atoms with Gasteiger partial charge in [-0.3, -0.25) is 19.2 Å². The molecule has 0 saturated carbocycles. The fraction of sp³-hybridized carbons (Fsp3) is 0.333. The van der Waals surface area contributed by atoms with Gasteiger partial charge >= 0.3 is 0 Å². The van der Waals surface area contributed by atoms with Crippen LogP contribution in [0.15, 0.2) is 60.0 Å². The minimum atomic E-state index is -0.681. The highest BCUT2D eigenvalue weighted by molar-refractivity contribution is 6.05. The van der Waals surface area contributed by atoms with Crippen LogP contribution in [0, 0.1) is 0 Å². The van der Waals surface area contributed by atoms with E-state index in [0.717, 1.165) is 42.9 Å². The Labute approximate surface area is 210 Å². The first-order valence-corrected chi connectivity index (χ1v) is 12.2. The largest absolute Gasteiger partial charge is 0.382 e. The molecule has 3 aromatic rings. The Morgan fingerprint density at radius 3 is 2.86 bits per heavy atom. The number of nitrogens with one attached hydrogen (secondary N) is 2. The SMILES string of the molecule is CCN1CCc2ccc(NC(=O)c3cccc(CNC(=O)C4CC(c5cnn(C)c5)=NO4)c3)cc2C1. The monoisotopic (exact) mass is 486 g/mol. The van der Waals surface area contributed by atoms with Gasteiger partial charge in [-0.05, 0) is 53.9 Å². The van der Waals surface area contributed by atoms with Crippen molar-refractivity contribution in [2.45, 2.75) is 39.0 Å². The summed E-state index contributed by atoms with van der Waals surface area (Å²) in [6.45, 7) is 5.45. The van der Waals surface area contributed by atoms with E-state index in [4.69, 9.17) is 4.84 Å². The molecule has 5 rings (SSSR count). The molecule has 0 spiro atoms. The number of nitrogens with zero attached hydrogens (tertiary/aromatic N) is 4. The van der Waals surface area contributed by atoms with Gasteiger partial charge in [-0.25, -0.2) is 0 Å². The van der Waals surface area contributed by atoms with Crippen molar-refractivity contribution in [2.75, 3.05) is 18.4 Å². The van der Waals surface area contributed by atoms with E-state index in [2.05, 4.69) is 44.8 Å². The molecule has 9 nitrogen and oxygen atoms in total. The summed E-state index contributed by atoms with van der Waals surface area (Å²) in [5.41, 5.74) is 6.31. The predicted molar refractivity (Wildman–Crippen MR) is 137 cm³/mol. The summed E-state index contributed by atoms with van der Waals surface area (Å²) in [5.74, 6) is -0.428. The minimum Gasteiger partial charge on any atom is -0.382 e. The lowest BCUT2D eigenvalue weighted by atomic mass is 9.99. The van der Waals surface area contributed by atoms with Gasteiger partial charge < -0.3 is 15.5 Å². The highest BCUT2D eigenvalue weighted by atomic mass is 16.6. The van der Waals surface area contributed by atoms with Crippen molar-refractivity contribution in [3.05, 3.63) is 82.7 Å². The maximum absolute atomic E-state index is 12.9. The Balaban J connectivity index is 1.16. The Morgan fingerprint density at radius 2 is 2.06 bits per heavy atom. The van der Waals surface area contributed by atoms with Crippen LogP contribution in [0.1, 0.15) is 46.0 Å². The molecule has 1 atom stereocenters. The van der Waals surface area contributed by atoms with Crippen molar-refractivity contribution in [1.82, 2.24) is 20.0 Å². The summed E-state index contributed by atoms with van der Waals surface area (Å²) in [7, 11) is 1.82. The minimum absolute atomic E-state index is 0.181. The van der Waals surface area contributed by atoms with Crippen LogP contribution in [-0.4, -0.2) is 51.4 Å². The molecule has 186 valence electrons. The van der Waals surface area contributed by atoms with E-state index in [1.807, 2.05) is 31.4 Å². The number of fused-ring (bicyclic) bond motifs is 1. The molecule has 2 amide bonds. The first kappa shape index (κ1) is 23.7. The van der Waals surface area contributed by atoms with Crippen LogP contribution in [0.2, 0.25) is 0 Å². The zero-order valence-corrected chi connectivity index (χ0v) is 20.5. The van der Waals surface area contributed by atoms with E-state index < -0.39 is 6.10 Å². The van der Waals surface area contributed by atoms with Crippen LogP contribution in [0.5, 0.6) is 0 Å². The van der Waals surface area contributed by atoms with Gasteiger partial charge in [0.25, 0.3) is 11.8 Å². The number of carbonyl (C=O) groups excluding carboxylic acids is 2. The molecule has 0 fully saturated rings. The summed E-state index contributed by atoms with van der Waals surface area (Å²) < 4.78 is 1.68. The van der Waals surface area contributed by atoms with Gasteiger partial charge in [0, 0.05) is 56.1 Å².